The smallest absolute Gasteiger partial charge is 0.243 e. The Bertz CT molecular complexity index is 936. The Morgan fingerprint density at radius 3 is 1.97 bits per heavy atom. The minimum atomic E-state index is -3.38. The monoisotopic (exact) mass is 499 g/mol. The van der Waals surface area contributed by atoms with Crippen LogP contribution in [-0.2, 0) is 10.0 Å². The second kappa shape index (κ2) is 11.8. The molecule has 178 valence electrons. The van der Waals surface area contributed by atoms with E-state index in [1.165, 1.54) is 5.69 Å². The van der Waals surface area contributed by atoms with E-state index in [9.17, 15) is 8.42 Å². The van der Waals surface area contributed by atoms with Gasteiger partial charge in [0.1, 0.15) is 0 Å². The van der Waals surface area contributed by atoms with Gasteiger partial charge in [0, 0.05) is 42.5 Å². The number of aromatic nitrogens is 1. The summed E-state index contributed by atoms with van der Waals surface area (Å²) in [5.74, 6) is 0.533. The molecule has 0 bridgehead atoms. The summed E-state index contributed by atoms with van der Waals surface area (Å²) in [6.45, 7) is 8.06. The molecule has 2 aliphatic rings. The molecule has 0 spiro atoms. The first-order valence-electron chi connectivity index (χ1n) is 11.3. The van der Waals surface area contributed by atoms with Gasteiger partial charge in [0.05, 0.1) is 4.90 Å². The van der Waals surface area contributed by atoms with Gasteiger partial charge >= 0.3 is 0 Å². The fourth-order valence-electron chi connectivity index (χ4n) is 4.60. The van der Waals surface area contributed by atoms with Crippen molar-refractivity contribution in [2.45, 2.75) is 62.8 Å². The van der Waals surface area contributed by atoms with Gasteiger partial charge in [-0.05, 0) is 76.4 Å². The van der Waals surface area contributed by atoms with E-state index in [2.05, 4.69) is 30.9 Å². The lowest BCUT2D eigenvalue weighted by Crippen LogP contribution is -2.37. The van der Waals surface area contributed by atoms with Crippen LogP contribution >= 0.6 is 24.8 Å². The molecular weight excluding hydrogens is 465 g/mol. The van der Waals surface area contributed by atoms with Crippen LogP contribution in [0.1, 0.15) is 57.6 Å². The fourth-order valence-corrected chi connectivity index (χ4v) is 6.12. The SMILES string of the molecule is CC(C)N1CCC(c2ccc(-c3ccc(S(=O)(=O)N4CCCCC4)cc3)cn2)CC1.Cl.Cl. The molecule has 32 heavy (non-hydrogen) atoms. The average Bonchev–Trinajstić information content (AvgIpc) is 2.80. The summed E-state index contributed by atoms with van der Waals surface area (Å²) in [6, 6.07) is 12.1. The van der Waals surface area contributed by atoms with E-state index >= 15 is 0 Å². The van der Waals surface area contributed by atoms with E-state index in [0.29, 0.717) is 29.9 Å². The first kappa shape index (κ1) is 27.1. The van der Waals surface area contributed by atoms with Gasteiger partial charge in [0.15, 0.2) is 0 Å². The van der Waals surface area contributed by atoms with E-state index < -0.39 is 10.0 Å². The van der Waals surface area contributed by atoms with Crippen LogP contribution in [0.4, 0.5) is 0 Å². The highest BCUT2D eigenvalue weighted by atomic mass is 35.5. The minimum Gasteiger partial charge on any atom is -0.301 e. The third kappa shape index (κ3) is 6.03. The van der Waals surface area contributed by atoms with Crippen LogP contribution < -0.4 is 0 Å². The second-order valence-corrected chi connectivity index (χ2v) is 10.8. The summed E-state index contributed by atoms with van der Waals surface area (Å²) in [4.78, 5) is 7.66. The Labute approximate surface area is 205 Å². The zero-order valence-electron chi connectivity index (χ0n) is 18.9. The van der Waals surface area contributed by atoms with E-state index in [1.54, 1.807) is 16.4 Å². The molecule has 2 saturated heterocycles. The van der Waals surface area contributed by atoms with Gasteiger partial charge in [0.25, 0.3) is 0 Å². The molecule has 1 aromatic carbocycles. The van der Waals surface area contributed by atoms with Crippen molar-refractivity contribution in [3.05, 3.63) is 48.3 Å². The molecule has 2 aliphatic heterocycles. The number of hydrogen-bond donors (Lipinski definition) is 0. The van der Waals surface area contributed by atoms with Crippen molar-refractivity contribution in [1.82, 2.24) is 14.2 Å². The second-order valence-electron chi connectivity index (χ2n) is 8.86. The van der Waals surface area contributed by atoms with Crippen LogP contribution in [0.15, 0.2) is 47.5 Å². The van der Waals surface area contributed by atoms with Crippen molar-refractivity contribution >= 4 is 34.8 Å². The number of pyridine rings is 1. The molecule has 3 heterocycles. The maximum absolute atomic E-state index is 12.8. The number of nitrogens with zero attached hydrogens (tertiary/aromatic N) is 3. The molecule has 0 N–H and O–H groups in total. The quantitative estimate of drug-likeness (QED) is 0.555. The van der Waals surface area contributed by atoms with Crippen LogP contribution in [0.2, 0.25) is 0 Å². The summed E-state index contributed by atoms with van der Waals surface area (Å²) in [5.41, 5.74) is 3.20. The predicted octanol–water partition coefficient (Wildman–Crippen LogP) is 5.35. The normalized spacial score (nSPS) is 18.7. The molecular formula is C24H35Cl2N3O2S. The maximum atomic E-state index is 12.8. The number of hydrogen-bond acceptors (Lipinski definition) is 4. The molecule has 0 radical (unpaired) electrons. The Balaban J connectivity index is 0.00000181. The zero-order chi connectivity index (χ0) is 21.1. The number of likely N-dealkylation sites (tertiary alicyclic amines) is 1. The Hall–Kier alpha value is -1.18. The number of halogens is 2. The molecule has 2 fully saturated rings. The molecule has 0 atom stereocenters. The highest BCUT2D eigenvalue weighted by molar-refractivity contribution is 7.89. The van der Waals surface area contributed by atoms with Gasteiger partial charge in [-0.2, -0.15) is 4.31 Å². The third-order valence-electron chi connectivity index (χ3n) is 6.60. The Morgan fingerprint density at radius 2 is 1.44 bits per heavy atom. The maximum Gasteiger partial charge on any atom is 0.243 e. The zero-order valence-corrected chi connectivity index (χ0v) is 21.4. The van der Waals surface area contributed by atoms with E-state index in [0.717, 1.165) is 56.3 Å². The standard InChI is InChI=1S/C24H33N3O2S.2ClH/c1-19(2)26-16-12-21(13-17-26)24-11-8-22(18-25-24)20-6-9-23(10-7-20)30(28,29)27-14-4-3-5-15-27;;/h6-11,18-19,21H,3-5,12-17H2,1-2H3;2*1H. The summed E-state index contributed by atoms with van der Waals surface area (Å²) < 4.78 is 27.3. The van der Waals surface area contributed by atoms with Crippen molar-refractivity contribution < 1.29 is 8.42 Å². The highest BCUT2D eigenvalue weighted by Crippen LogP contribution is 2.29. The largest absolute Gasteiger partial charge is 0.301 e. The van der Waals surface area contributed by atoms with Gasteiger partial charge in [-0.15, -0.1) is 24.8 Å². The molecule has 5 nitrogen and oxygen atoms in total. The van der Waals surface area contributed by atoms with Crippen LogP contribution in [0.5, 0.6) is 0 Å². The third-order valence-corrected chi connectivity index (χ3v) is 8.52. The lowest BCUT2D eigenvalue weighted by Gasteiger charge is -2.34. The number of piperidine rings is 2. The van der Waals surface area contributed by atoms with Crippen molar-refractivity contribution in [1.29, 1.82) is 0 Å². The molecule has 0 saturated carbocycles. The molecule has 1 aromatic heterocycles. The molecule has 2 aromatic rings. The highest BCUT2D eigenvalue weighted by Gasteiger charge is 2.26. The first-order valence-corrected chi connectivity index (χ1v) is 12.7. The van der Waals surface area contributed by atoms with Gasteiger partial charge in [-0.3, -0.25) is 4.98 Å². The van der Waals surface area contributed by atoms with E-state index in [-0.39, 0.29) is 24.8 Å². The fraction of sp³-hybridized carbons (Fsp3) is 0.542. The first-order chi connectivity index (χ1) is 14.4. The van der Waals surface area contributed by atoms with Gasteiger partial charge in [-0.1, -0.05) is 24.6 Å². The van der Waals surface area contributed by atoms with Gasteiger partial charge in [-0.25, -0.2) is 8.42 Å². The van der Waals surface area contributed by atoms with E-state index in [1.807, 2.05) is 18.3 Å². The molecule has 0 aliphatic carbocycles. The van der Waals surface area contributed by atoms with Crippen molar-refractivity contribution in [3.8, 4) is 11.1 Å². The molecule has 4 rings (SSSR count). The predicted molar refractivity (Wildman–Crippen MR) is 135 cm³/mol. The van der Waals surface area contributed by atoms with Crippen molar-refractivity contribution in [2.24, 2.45) is 0 Å². The Morgan fingerprint density at radius 1 is 0.844 bits per heavy atom. The summed E-state index contributed by atoms with van der Waals surface area (Å²) >= 11 is 0. The van der Waals surface area contributed by atoms with E-state index in [4.69, 9.17) is 4.98 Å². The molecule has 0 unspecified atom stereocenters. The van der Waals surface area contributed by atoms with Crippen molar-refractivity contribution in [3.63, 3.8) is 0 Å². The molecule has 8 heteroatoms. The van der Waals surface area contributed by atoms with Gasteiger partial charge in [0.2, 0.25) is 10.0 Å². The van der Waals surface area contributed by atoms with Crippen LogP contribution in [0, 0.1) is 0 Å². The summed E-state index contributed by atoms with van der Waals surface area (Å²) in [7, 11) is -3.38. The lowest BCUT2D eigenvalue weighted by molar-refractivity contribution is 0.171. The Kier molecular flexibility index (Phi) is 9.98. The van der Waals surface area contributed by atoms with Gasteiger partial charge < -0.3 is 4.90 Å². The average molecular weight is 501 g/mol. The minimum absolute atomic E-state index is 0. The van der Waals surface area contributed by atoms with Crippen LogP contribution in [-0.4, -0.2) is 54.8 Å². The number of benzene rings is 1. The topological polar surface area (TPSA) is 53.5 Å². The van der Waals surface area contributed by atoms with Crippen LogP contribution in [0.25, 0.3) is 11.1 Å². The van der Waals surface area contributed by atoms with Crippen LogP contribution in [0.3, 0.4) is 0 Å². The number of sulfonamides is 1. The lowest BCUT2D eigenvalue weighted by atomic mass is 9.92. The molecule has 0 amide bonds. The van der Waals surface area contributed by atoms with Crippen molar-refractivity contribution in [2.75, 3.05) is 26.2 Å². The summed E-state index contributed by atoms with van der Waals surface area (Å²) in [6.07, 6.45) is 7.27. The number of rotatable bonds is 5. The summed E-state index contributed by atoms with van der Waals surface area (Å²) in [5, 5.41) is 0.